The molecule has 1 aromatic heterocycles. The van der Waals surface area contributed by atoms with Crippen molar-refractivity contribution < 1.29 is 19.1 Å². The van der Waals surface area contributed by atoms with Gasteiger partial charge < -0.3 is 14.0 Å². The van der Waals surface area contributed by atoms with E-state index in [0.717, 1.165) is 35.2 Å². The fourth-order valence-electron chi connectivity index (χ4n) is 4.62. The van der Waals surface area contributed by atoms with E-state index in [2.05, 4.69) is 27.7 Å². The summed E-state index contributed by atoms with van der Waals surface area (Å²) in [6, 6.07) is 14.9. The van der Waals surface area contributed by atoms with Crippen molar-refractivity contribution in [2.45, 2.75) is 53.5 Å². The summed E-state index contributed by atoms with van der Waals surface area (Å²) < 4.78 is 13.4. The molecule has 0 spiro atoms. The van der Waals surface area contributed by atoms with Crippen LogP contribution in [0.4, 0.5) is 5.95 Å². The fourth-order valence-corrected chi connectivity index (χ4v) is 4.62. The number of carbonyl (C=O) groups excluding carboxylic acids is 2. The number of ether oxygens (including phenoxy) is 2. The smallest absolute Gasteiger partial charge is 0.321 e. The molecule has 0 saturated heterocycles. The number of carbonyl (C=O) groups is 2. The van der Waals surface area contributed by atoms with Crippen LogP contribution in [0, 0.1) is 17.8 Å². The Morgan fingerprint density at radius 1 is 1.00 bits per heavy atom. The molecule has 2 aromatic carbocycles. The molecule has 1 amide bonds. The van der Waals surface area contributed by atoms with Crippen molar-refractivity contribution in [3.05, 3.63) is 54.1 Å². The summed E-state index contributed by atoms with van der Waals surface area (Å²) in [6.45, 7) is 11.7. The highest BCUT2D eigenvalue weighted by atomic mass is 16.5. The van der Waals surface area contributed by atoms with Crippen molar-refractivity contribution in [3.8, 4) is 5.75 Å². The third-order valence-corrected chi connectivity index (χ3v) is 6.60. The fraction of sp³-hybridized carbons (Fsp3) is 0.483. The molecule has 0 saturated carbocycles. The van der Waals surface area contributed by atoms with E-state index < -0.39 is 17.9 Å². The van der Waals surface area contributed by atoms with Crippen LogP contribution in [0.1, 0.15) is 59.1 Å². The highest BCUT2D eigenvalue weighted by molar-refractivity contribution is 6.08. The van der Waals surface area contributed by atoms with Crippen LogP contribution in [0.15, 0.2) is 48.5 Å². The van der Waals surface area contributed by atoms with Gasteiger partial charge >= 0.3 is 5.97 Å². The van der Waals surface area contributed by atoms with Gasteiger partial charge in [0.1, 0.15) is 5.75 Å². The van der Waals surface area contributed by atoms with Crippen molar-refractivity contribution in [1.82, 2.24) is 9.55 Å². The maximum absolute atomic E-state index is 13.9. The Morgan fingerprint density at radius 3 is 2.36 bits per heavy atom. The average molecular weight is 492 g/mol. The molecule has 1 aliphatic rings. The van der Waals surface area contributed by atoms with Crippen molar-refractivity contribution in [3.63, 3.8) is 0 Å². The topological polar surface area (TPSA) is 73.7 Å². The van der Waals surface area contributed by atoms with Crippen molar-refractivity contribution >= 4 is 28.9 Å². The second-order valence-electron chi connectivity index (χ2n) is 10.2. The van der Waals surface area contributed by atoms with Gasteiger partial charge in [-0.15, -0.1) is 0 Å². The van der Waals surface area contributed by atoms with Crippen LogP contribution in [-0.2, 0) is 14.3 Å². The lowest BCUT2D eigenvalue weighted by molar-refractivity contribution is -0.153. The minimum atomic E-state index is -1.00. The van der Waals surface area contributed by atoms with E-state index >= 15 is 0 Å². The first-order valence-electron chi connectivity index (χ1n) is 13.0. The summed E-state index contributed by atoms with van der Waals surface area (Å²) in [5, 5.41) is 0. The van der Waals surface area contributed by atoms with Gasteiger partial charge in [-0.3, -0.25) is 14.5 Å². The number of amides is 1. The molecule has 0 radical (unpaired) electrons. The Bertz CT molecular complexity index is 1200. The summed E-state index contributed by atoms with van der Waals surface area (Å²) in [6.07, 6.45) is 1.78. The Morgan fingerprint density at radius 2 is 1.69 bits per heavy atom. The first-order chi connectivity index (χ1) is 17.3. The molecule has 3 aromatic rings. The number of esters is 1. The van der Waals surface area contributed by atoms with Gasteiger partial charge in [0.25, 0.3) is 0 Å². The van der Waals surface area contributed by atoms with Gasteiger partial charge in [0, 0.05) is 6.54 Å². The van der Waals surface area contributed by atoms with Gasteiger partial charge in [-0.25, -0.2) is 4.98 Å². The summed E-state index contributed by atoms with van der Waals surface area (Å²) in [5.41, 5.74) is 2.51. The molecule has 2 atom stereocenters. The number of anilines is 1. The molecule has 0 aliphatic carbocycles. The number of imidazole rings is 1. The van der Waals surface area contributed by atoms with Crippen LogP contribution in [0.2, 0.25) is 0 Å². The molecule has 0 fully saturated rings. The maximum Gasteiger partial charge on any atom is 0.321 e. The molecule has 0 unspecified atom stereocenters. The number of nitrogens with zero attached hydrogens (tertiary/aromatic N) is 3. The molecule has 4 rings (SSSR count). The van der Waals surface area contributed by atoms with Gasteiger partial charge in [0.15, 0.2) is 5.92 Å². The van der Waals surface area contributed by atoms with E-state index in [9.17, 15) is 9.59 Å². The summed E-state index contributed by atoms with van der Waals surface area (Å²) in [7, 11) is 0. The second-order valence-corrected chi connectivity index (χ2v) is 10.2. The van der Waals surface area contributed by atoms with E-state index in [4.69, 9.17) is 14.5 Å². The van der Waals surface area contributed by atoms with E-state index in [1.165, 1.54) is 0 Å². The lowest BCUT2D eigenvalue weighted by Gasteiger charge is -2.38. The van der Waals surface area contributed by atoms with E-state index in [1.54, 1.807) is 11.8 Å². The number of fused-ring (bicyclic) bond motifs is 3. The first kappa shape index (κ1) is 25.7. The minimum Gasteiger partial charge on any atom is -0.494 e. The molecule has 36 heavy (non-hydrogen) atoms. The number of rotatable bonds is 10. The molecule has 7 nitrogen and oxygen atoms in total. The Kier molecular flexibility index (Phi) is 7.97. The maximum atomic E-state index is 13.9. The Hall–Kier alpha value is -3.35. The Balaban J connectivity index is 1.81. The third kappa shape index (κ3) is 5.25. The molecule has 7 heteroatoms. The normalized spacial score (nSPS) is 17.6. The quantitative estimate of drug-likeness (QED) is 0.272. The summed E-state index contributed by atoms with van der Waals surface area (Å²) >= 11 is 0. The summed E-state index contributed by atoms with van der Waals surface area (Å²) in [5.74, 6) is 0.525. The van der Waals surface area contributed by atoms with Gasteiger partial charge in [0.05, 0.1) is 30.3 Å². The first-order valence-corrected chi connectivity index (χ1v) is 13.0. The third-order valence-electron chi connectivity index (χ3n) is 6.60. The van der Waals surface area contributed by atoms with Crippen LogP contribution in [-0.4, -0.2) is 41.2 Å². The second kappa shape index (κ2) is 11.1. The van der Waals surface area contributed by atoms with Crippen molar-refractivity contribution in [1.29, 1.82) is 0 Å². The number of hydrogen-bond acceptors (Lipinski definition) is 5. The van der Waals surface area contributed by atoms with Gasteiger partial charge in [0.2, 0.25) is 11.9 Å². The zero-order chi connectivity index (χ0) is 25.8. The molecular formula is C29H37N3O4. The SMILES string of the molecule is CCOC(=O)[C@H]1C(=O)N(CCC(C)C)c2nc3ccccc3n2[C@H]1c1ccc(OCCC(C)C)cc1. The molecule has 0 N–H and O–H groups in total. The predicted octanol–water partition coefficient (Wildman–Crippen LogP) is 5.62. The van der Waals surface area contributed by atoms with E-state index in [-0.39, 0.29) is 12.5 Å². The van der Waals surface area contributed by atoms with Crippen LogP contribution in [0.25, 0.3) is 11.0 Å². The lowest BCUT2D eigenvalue weighted by Crippen LogP contribution is -2.50. The van der Waals surface area contributed by atoms with Crippen LogP contribution in [0.3, 0.4) is 0 Å². The molecular weight excluding hydrogens is 454 g/mol. The lowest BCUT2D eigenvalue weighted by atomic mass is 9.89. The standard InChI is InChI=1S/C29H37N3O4/c1-6-35-28(34)25-26(21-11-13-22(14-12-21)36-18-16-20(4)5)32-24-10-8-7-9-23(24)30-29(32)31(27(25)33)17-15-19(2)3/h7-14,19-20,25-26H,6,15-18H2,1-5H3/t25-,26+/m1/s1. The Labute approximate surface area is 213 Å². The van der Waals surface area contributed by atoms with E-state index in [0.29, 0.717) is 30.9 Å². The average Bonchev–Trinajstić information content (AvgIpc) is 3.22. The number of benzene rings is 2. The zero-order valence-corrected chi connectivity index (χ0v) is 21.9. The van der Waals surface area contributed by atoms with Crippen LogP contribution in [0.5, 0.6) is 5.75 Å². The molecule has 1 aliphatic heterocycles. The highest BCUT2D eigenvalue weighted by Gasteiger charge is 2.47. The number of para-hydroxylation sites is 2. The van der Waals surface area contributed by atoms with Crippen LogP contribution >= 0.6 is 0 Å². The van der Waals surface area contributed by atoms with Gasteiger partial charge in [-0.05, 0) is 61.4 Å². The van der Waals surface area contributed by atoms with Crippen molar-refractivity contribution in [2.24, 2.45) is 17.8 Å². The zero-order valence-electron chi connectivity index (χ0n) is 21.9. The number of hydrogen-bond donors (Lipinski definition) is 0. The monoisotopic (exact) mass is 491 g/mol. The largest absolute Gasteiger partial charge is 0.494 e. The summed E-state index contributed by atoms with van der Waals surface area (Å²) in [4.78, 5) is 33.7. The van der Waals surface area contributed by atoms with Crippen LogP contribution < -0.4 is 9.64 Å². The minimum absolute atomic E-state index is 0.210. The highest BCUT2D eigenvalue weighted by Crippen LogP contribution is 2.41. The van der Waals surface area contributed by atoms with Gasteiger partial charge in [-0.2, -0.15) is 0 Å². The molecule has 0 bridgehead atoms. The predicted molar refractivity (Wildman–Crippen MR) is 141 cm³/mol. The van der Waals surface area contributed by atoms with E-state index in [1.807, 2.05) is 53.1 Å². The molecule has 2 heterocycles. The van der Waals surface area contributed by atoms with Crippen molar-refractivity contribution in [2.75, 3.05) is 24.7 Å². The van der Waals surface area contributed by atoms with Gasteiger partial charge in [-0.1, -0.05) is 52.0 Å². The molecule has 192 valence electrons. The number of aromatic nitrogens is 2.